The molecule has 220 valence electrons. The van der Waals surface area contributed by atoms with Gasteiger partial charge in [0.2, 0.25) is 0 Å². The first-order valence-electron chi connectivity index (χ1n) is 15.9. The summed E-state index contributed by atoms with van der Waals surface area (Å²) in [6, 6.07) is 58.0. The number of nitrogens with zero attached hydrogens (tertiary/aromatic N) is 1. The van der Waals surface area contributed by atoms with Crippen LogP contribution in [0, 0.1) is 0 Å². The second-order valence-electron chi connectivity index (χ2n) is 12.1. The Balaban J connectivity index is 1.24. The highest BCUT2D eigenvalue weighted by Crippen LogP contribution is 2.44. The number of hydrogen-bond donors (Lipinski definition) is 0. The van der Waals surface area contributed by atoms with Gasteiger partial charge in [0, 0.05) is 38.3 Å². The van der Waals surface area contributed by atoms with E-state index in [2.05, 4.69) is 144 Å². The third-order valence-electron chi connectivity index (χ3n) is 9.42. The average Bonchev–Trinajstić information content (AvgIpc) is 3.69. The third kappa shape index (κ3) is 4.07. The Morgan fingerprint density at radius 3 is 1.79 bits per heavy atom. The van der Waals surface area contributed by atoms with Crippen molar-refractivity contribution in [3.63, 3.8) is 0 Å². The molecule has 2 aromatic heterocycles. The smallest absolute Gasteiger partial charge is 0.136 e. The molecule has 0 aliphatic heterocycles. The van der Waals surface area contributed by atoms with Gasteiger partial charge in [-0.2, -0.15) is 0 Å². The average molecular weight is 602 g/mol. The highest BCUT2D eigenvalue weighted by Gasteiger charge is 2.19. The second kappa shape index (κ2) is 10.1. The van der Waals surface area contributed by atoms with Gasteiger partial charge in [-0.25, -0.2) is 0 Å². The van der Waals surface area contributed by atoms with E-state index in [4.69, 9.17) is 8.83 Å². The van der Waals surface area contributed by atoms with Crippen LogP contribution in [-0.4, -0.2) is 0 Å². The van der Waals surface area contributed by atoms with Crippen molar-refractivity contribution in [2.75, 3.05) is 4.90 Å². The largest absolute Gasteiger partial charge is 0.456 e. The van der Waals surface area contributed by atoms with Crippen LogP contribution in [0.2, 0.25) is 0 Å². The lowest BCUT2D eigenvalue weighted by atomic mass is 9.97. The summed E-state index contributed by atoms with van der Waals surface area (Å²) in [7, 11) is 0. The van der Waals surface area contributed by atoms with E-state index >= 15 is 0 Å². The summed E-state index contributed by atoms with van der Waals surface area (Å²) in [6.45, 7) is 0. The molecule has 47 heavy (non-hydrogen) atoms. The molecule has 10 rings (SSSR count). The van der Waals surface area contributed by atoms with Crippen molar-refractivity contribution in [3.05, 3.63) is 164 Å². The van der Waals surface area contributed by atoms with Crippen molar-refractivity contribution < 1.29 is 8.83 Å². The van der Waals surface area contributed by atoms with Crippen molar-refractivity contribution in [1.82, 2.24) is 0 Å². The first-order chi connectivity index (χ1) is 23.3. The summed E-state index contributed by atoms with van der Waals surface area (Å²) in [5, 5.41) is 9.22. The first kappa shape index (κ1) is 26.0. The molecular weight excluding hydrogens is 574 g/mol. The zero-order valence-corrected chi connectivity index (χ0v) is 25.4. The molecule has 0 bridgehead atoms. The van der Waals surface area contributed by atoms with Crippen LogP contribution in [0.3, 0.4) is 0 Å². The predicted molar refractivity (Wildman–Crippen MR) is 196 cm³/mol. The number of fused-ring (bicyclic) bond motifs is 9. The molecule has 0 radical (unpaired) electrons. The lowest BCUT2D eigenvalue weighted by Crippen LogP contribution is -2.10. The van der Waals surface area contributed by atoms with Crippen molar-refractivity contribution in [1.29, 1.82) is 0 Å². The van der Waals surface area contributed by atoms with Gasteiger partial charge in [0.05, 0.1) is 5.69 Å². The van der Waals surface area contributed by atoms with Crippen LogP contribution in [0.15, 0.2) is 173 Å². The fraction of sp³-hybridized carbons (Fsp3) is 0. The van der Waals surface area contributed by atoms with Crippen LogP contribution in [0.5, 0.6) is 0 Å². The topological polar surface area (TPSA) is 29.5 Å². The number of furan rings is 2. The lowest BCUT2D eigenvalue weighted by Gasteiger charge is -2.27. The number of rotatable bonds is 4. The van der Waals surface area contributed by atoms with E-state index in [0.717, 1.165) is 66.3 Å². The van der Waals surface area contributed by atoms with Gasteiger partial charge in [-0.1, -0.05) is 103 Å². The molecule has 0 unspecified atom stereocenters. The Hall–Kier alpha value is -6.32. The molecule has 0 spiro atoms. The molecule has 0 aliphatic carbocycles. The minimum Gasteiger partial charge on any atom is -0.456 e. The summed E-state index contributed by atoms with van der Waals surface area (Å²) in [6.07, 6.45) is 0. The van der Waals surface area contributed by atoms with Crippen LogP contribution in [0.4, 0.5) is 17.1 Å². The minimum absolute atomic E-state index is 0.883. The molecule has 2 heterocycles. The maximum absolute atomic E-state index is 6.24. The van der Waals surface area contributed by atoms with E-state index in [0.29, 0.717) is 0 Å². The van der Waals surface area contributed by atoms with Gasteiger partial charge in [0.25, 0.3) is 0 Å². The normalized spacial score (nSPS) is 11.8. The maximum Gasteiger partial charge on any atom is 0.136 e. The van der Waals surface area contributed by atoms with Gasteiger partial charge < -0.3 is 13.7 Å². The van der Waals surface area contributed by atoms with Crippen molar-refractivity contribution in [2.45, 2.75) is 0 Å². The van der Waals surface area contributed by atoms with Gasteiger partial charge >= 0.3 is 0 Å². The fourth-order valence-electron chi connectivity index (χ4n) is 7.22. The number of benzene rings is 8. The number of hydrogen-bond acceptors (Lipinski definition) is 3. The van der Waals surface area contributed by atoms with Crippen molar-refractivity contribution in [2.24, 2.45) is 0 Å². The Labute approximate surface area is 270 Å². The van der Waals surface area contributed by atoms with Crippen LogP contribution in [0.25, 0.3) is 76.5 Å². The minimum atomic E-state index is 0.883. The summed E-state index contributed by atoms with van der Waals surface area (Å²) in [5.74, 6) is 0. The van der Waals surface area contributed by atoms with E-state index in [1.807, 2.05) is 24.3 Å². The highest BCUT2D eigenvalue weighted by atomic mass is 16.3. The maximum atomic E-state index is 6.24. The zero-order valence-electron chi connectivity index (χ0n) is 25.4. The first-order valence-corrected chi connectivity index (χ1v) is 15.9. The molecule has 0 amide bonds. The summed E-state index contributed by atoms with van der Waals surface area (Å²) in [4.78, 5) is 2.38. The molecule has 0 N–H and O–H groups in total. The summed E-state index contributed by atoms with van der Waals surface area (Å²) >= 11 is 0. The standard InChI is InChI=1S/C44H27NO2/c1-2-10-28(11-3-1)29-12-8-13-31(24-29)45(32-21-23-43-38(26-32)35-14-4-6-18-41(35)46-43)40-17-9-16-33-34(40)22-20-30-25-44-39(27-37(30)33)36-15-5-7-19-42(36)47-44/h1-27H. The predicted octanol–water partition coefficient (Wildman–Crippen LogP) is 12.9. The zero-order chi connectivity index (χ0) is 30.9. The van der Waals surface area contributed by atoms with E-state index in [9.17, 15) is 0 Å². The van der Waals surface area contributed by atoms with Crippen LogP contribution >= 0.6 is 0 Å². The van der Waals surface area contributed by atoms with Gasteiger partial charge in [-0.15, -0.1) is 0 Å². The third-order valence-corrected chi connectivity index (χ3v) is 9.42. The van der Waals surface area contributed by atoms with Gasteiger partial charge in [-0.05, 0) is 87.9 Å². The Bertz CT molecular complexity index is 2810. The molecule has 0 atom stereocenters. The van der Waals surface area contributed by atoms with Crippen LogP contribution in [-0.2, 0) is 0 Å². The molecule has 3 nitrogen and oxygen atoms in total. The fourth-order valence-corrected chi connectivity index (χ4v) is 7.22. The lowest BCUT2D eigenvalue weighted by molar-refractivity contribution is 0.668. The second-order valence-corrected chi connectivity index (χ2v) is 12.1. The molecule has 0 fully saturated rings. The summed E-state index contributed by atoms with van der Waals surface area (Å²) < 4.78 is 12.5. The SMILES string of the molecule is c1ccc(-c2cccc(N(c3ccc4oc5ccccc5c4c3)c3cccc4c3ccc3cc5oc6ccccc6c5cc34)c2)cc1. The van der Waals surface area contributed by atoms with Crippen molar-refractivity contribution in [3.8, 4) is 11.1 Å². The molecule has 3 heteroatoms. The van der Waals surface area contributed by atoms with Crippen LogP contribution < -0.4 is 4.90 Å². The summed E-state index contributed by atoms with van der Waals surface area (Å²) in [5.41, 5.74) is 9.22. The van der Waals surface area contributed by atoms with E-state index in [1.54, 1.807) is 0 Å². The number of para-hydroxylation sites is 2. The van der Waals surface area contributed by atoms with E-state index in [-0.39, 0.29) is 0 Å². The van der Waals surface area contributed by atoms with Crippen molar-refractivity contribution >= 4 is 82.5 Å². The monoisotopic (exact) mass is 601 g/mol. The molecule has 0 saturated heterocycles. The van der Waals surface area contributed by atoms with E-state index < -0.39 is 0 Å². The molecule has 8 aromatic carbocycles. The molecule has 0 saturated carbocycles. The Morgan fingerprint density at radius 2 is 0.957 bits per heavy atom. The van der Waals surface area contributed by atoms with Gasteiger partial charge in [-0.3, -0.25) is 0 Å². The van der Waals surface area contributed by atoms with E-state index in [1.165, 1.54) is 27.3 Å². The molecule has 10 aromatic rings. The van der Waals surface area contributed by atoms with Gasteiger partial charge in [0.15, 0.2) is 0 Å². The Kier molecular flexibility index (Phi) is 5.57. The molecular formula is C44H27NO2. The highest BCUT2D eigenvalue weighted by molar-refractivity contribution is 6.19. The molecule has 0 aliphatic rings. The quantitative estimate of drug-likeness (QED) is 0.188. The van der Waals surface area contributed by atoms with Gasteiger partial charge in [0.1, 0.15) is 22.3 Å². The Morgan fingerprint density at radius 1 is 0.319 bits per heavy atom. The van der Waals surface area contributed by atoms with Crippen LogP contribution in [0.1, 0.15) is 0 Å². The number of anilines is 3.